The Morgan fingerprint density at radius 2 is 2.05 bits per heavy atom. The van der Waals surface area contributed by atoms with Crippen molar-refractivity contribution in [3.05, 3.63) is 39.3 Å². The molecule has 3 nitrogen and oxygen atoms in total. The topological polar surface area (TPSA) is 32.7 Å². The predicted octanol–water partition coefficient (Wildman–Crippen LogP) is 4.10. The van der Waals surface area contributed by atoms with Gasteiger partial charge in [-0.1, -0.05) is 17.7 Å². The molecule has 0 aromatic heterocycles. The summed E-state index contributed by atoms with van der Waals surface area (Å²) < 4.78 is 0. The minimum atomic E-state index is -0.139. The Balaban J connectivity index is 1.80. The Kier molecular flexibility index (Phi) is 4.36. The lowest BCUT2D eigenvalue weighted by atomic mass is 10.1. The average molecular weight is 321 g/mol. The number of amides is 1. The molecule has 1 aromatic carbocycles. The van der Waals surface area contributed by atoms with Crippen molar-refractivity contribution in [2.45, 2.75) is 26.2 Å². The summed E-state index contributed by atoms with van der Waals surface area (Å²) >= 11 is 7.51. The number of benzene rings is 1. The Bertz CT molecular complexity index is 633. The minimum absolute atomic E-state index is 0.139. The molecule has 0 unspecified atom stereocenters. The number of hydrogen-bond donors (Lipinski definition) is 0. The summed E-state index contributed by atoms with van der Waals surface area (Å²) in [5.74, 6) is -0.139. The van der Waals surface area contributed by atoms with E-state index >= 15 is 0 Å². The van der Waals surface area contributed by atoms with Crippen molar-refractivity contribution in [3.63, 3.8) is 0 Å². The number of thioether (sulfide) groups is 1. The number of carbonyl (C=O) groups is 1. The maximum atomic E-state index is 12.1. The number of carbonyl (C=O) groups excluding carboxylic acids is 1. The van der Waals surface area contributed by atoms with Crippen LogP contribution in [0.3, 0.4) is 0 Å². The van der Waals surface area contributed by atoms with Crippen molar-refractivity contribution in [1.29, 1.82) is 0 Å². The maximum Gasteiger partial charge on any atom is 0.286 e. The molecule has 2 aliphatic heterocycles. The summed E-state index contributed by atoms with van der Waals surface area (Å²) in [6.45, 7) is 4.02. The van der Waals surface area contributed by atoms with E-state index in [9.17, 15) is 4.79 Å². The zero-order chi connectivity index (χ0) is 14.8. The highest BCUT2D eigenvalue weighted by Gasteiger charge is 2.26. The van der Waals surface area contributed by atoms with Crippen LogP contribution >= 0.6 is 23.4 Å². The summed E-state index contributed by atoms with van der Waals surface area (Å²) in [5, 5.41) is 1.53. The van der Waals surface area contributed by atoms with Gasteiger partial charge in [0.25, 0.3) is 5.91 Å². The second kappa shape index (κ2) is 6.24. The van der Waals surface area contributed by atoms with E-state index in [1.54, 1.807) is 0 Å². The Hall–Kier alpha value is -1.26. The molecule has 2 aliphatic rings. The Labute approximate surface area is 134 Å². The van der Waals surface area contributed by atoms with E-state index in [4.69, 9.17) is 11.6 Å². The van der Waals surface area contributed by atoms with E-state index in [1.807, 2.05) is 31.2 Å². The average Bonchev–Trinajstić information content (AvgIpc) is 2.85. The van der Waals surface area contributed by atoms with Crippen molar-refractivity contribution in [1.82, 2.24) is 4.90 Å². The van der Waals surface area contributed by atoms with Crippen molar-refractivity contribution in [3.8, 4) is 0 Å². The van der Waals surface area contributed by atoms with E-state index in [0.717, 1.165) is 29.4 Å². The first-order chi connectivity index (χ1) is 10.1. The molecule has 5 heteroatoms. The molecule has 1 fully saturated rings. The van der Waals surface area contributed by atoms with Gasteiger partial charge in [0.1, 0.15) is 0 Å². The van der Waals surface area contributed by atoms with Crippen LogP contribution in [0.4, 0.5) is 0 Å². The van der Waals surface area contributed by atoms with E-state index in [-0.39, 0.29) is 5.91 Å². The normalized spacial score (nSPS) is 21.0. The van der Waals surface area contributed by atoms with Crippen molar-refractivity contribution in [2.24, 2.45) is 4.99 Å². The number of hydrogen-bond acceptors (Lipinski definition) is 3. The van der Waals surface area contributed by atoms with E-state index in [0.29, 0.717) is 9.93 Å². The zero-order valence-corrected chi connectivity index (χ0v) is 13.5. The lowest BCUT2D eigenvalue weighted by molar-refractivity contribution is -0.113. The molecule has 0 aliphatic carbocycles. The first-order valence-electron chi connectivity index (χ1n) is 7.17. The number of halogens is 1. The summed E-state index contributed by atoms with van der Waals surface area (Å²) in [6, 6.07) is 5.71. The number of likely N-dealkylation sites (tertiary alicyclic amines) is 1. The van der Waals surface area contributed by atoms with Crippen LogP contribution in [0.25, 0.3) is 6.08 Å². The standard InChI is InChI=1S/C16H17ClN2OS/c1-11-5-6-13(17)9-12(11)10-14-15(20)18-16(21-14)19-7-3-2-4-8-19/h5-6,9-10H,2-4,7-8H2,1H3/b14-10-. The molecule has 3 rings (SSSR count). The molecule has 2 heterocycles. The first kappa shape index (κ1) is 14.7. The van der Waals surface area contributed by atoms with Gasteiger partial charge in [-0.25, -0.2) is 0 Å². The van der Waals surface area contributed by atoms with Crippen molar-refractivity contribution in [2.75, 3.05) is 13.1 Å². The highest BCUT2D eigenvalue weighted by Crippen LogP contribution is 2.32. The number of nitrogens with zero attached hydrogens (tertiary/aromatic N) is 2. The van der Waals surface area contributed by atoms with Crippen LogP contribution in [0.15, 0.2) is 28.1 Å². The van der Waals surface area contributed by atoms with Gasteiger partial charge in [0.15, 0.2) is 5.17 Å². The van der Waals surface area contributed by atoms with Gasteiger partial charge in [-0.2, -0.15) is 4.99 Å². The molecule has 1 aromatic rings. The minimum Gasteiger partial charge on any atom is -0.351 e. The van der Waals surface area contributed by atoms with Crippen LogP contribution in [0, 0.1) is 6.92 Å². The van der Waals surface area contributed by atoms with Gasteiger partial charge in [-0.05, 0) is 67.3 Å². The van der Waals surface area contributed by atoms with E-state index in [2.05, 4.69) is 9.89 Å². The molecule has 0 N–H and O–H groups in total. The molecule has 110 valence electrons. The van der Waals surface area contributed by atoms with Gasteiger partial charge in [0, 0.05) is 18.1 Å². The highest BCUT2D eigenvalue weighted by atomic mass is 35.5. The van der Waals surface area contributed by atoms with Gasteiger partial charge in [0.2, 0.25) is 0 Å². The third-order valence-corrected chi connectivity index (χ3v) is 5.04. The highest BCUT2D eigenvalue weighted by molar-refractivity contribution is 8.18. The molecule has 0 atom stereocenters. The Morgan fingerprint density at radius 1 is 1.29 bits per heavy atom. The van der Waals surface area contributed by atoms with Crippen LogP contribution in [0.1, 0.15) is 30.4 Å². The fraction of sp³-hybridized carbons (Fsp3) is 0.375. The lowest BCUT2D eigenvalue weighted by Gasteiger charge is -2.27. The monoisotopic (exact) mass is 320 g/mol. The number of piperidine rings is 1. The summed E-state index contributed by atoms with van der Waals surface area (Å²) in [4.78, 5) is 19.2. The predicted molar refractivity (Wildman–Crippen MR) is 89.6 cm³/mol. The van der Waals surface area contributed by atoms with Gasteiger partial charge in [-0.15, -0.1) is 0 Å². The molecule has 1 saturated heterocycles. The summed E-state index contributed by atoms with van der Waals surface area (Å²) in [6.07, 6.45) is 5.53. The molecule has 21 heavy (non-hydrogen) atoms. The molecule has 0 bridgehead atoms. The maximum absolute atomic E-state index is 12.1. The summed E-state index contributed by atoms with van der Waals surface area (Å²) in [7, 11) is 0. The fourth-order valence-electron chi connectivity index (χ4n) is 2.53. The molecule has 1 amide bonds. The fourth-order valence-corrected chi connectivity index (χ4v) is 3.66. The van der Waals surface area contributed by atoms with Crippen molar-refractivity contribution >= 4 is 40.5 Å². The van der Waals surface area contributed by atoms with Gasteiger partial charge < -0.3 is 4.90 Å². The van der Waals surface area contributed by atoms with E-state index < -0.39 is 0 Å². The number of aryl methyl sites for hydroxylation is 1. The quantitative estimate of drug-likeness (QED) is 0.730. The molecular formula is C16H17ClN2OS. The van der Waals surface area contributed by atoms with Crippen LogP contribution in [-0.4, -0.2) is 29.1 Å². The number of rotatable bonds is 1. The molecule has 0 radical (unpaired) electrons. The second-order valence-electron chi connectivity index (χ2n) is 5.36. The van der Waals surface area contributed by atoms with E-state index in [1.165, 1.54) is 31.0 Å². The smallest absolute Gasteiger partial charge is 0.286 e. The third kappa shape index (κ3) is 3.33. The van der Waals surface area contributed by atoms with Crippen LogP contribution in [-0.2, 0) is 4.79 Å². The van der Waals surface area contributed by atoms with Gasteiger partial charge in [-0.3, -0.25) is 4.79 Å². The Morgan fingerprint density at radius 3 is 2.81 bits per heavy atom. The van der Waals surface area contributed by atoms with Gasteiger partial charge in [0.05, 0.1) is 4.91 Å². The third-order valence-electron chi connectivity index (χ3n) is 3.76. The second-order valence-corrected chi connectivity index (χ2v) is 6.80. The largest absolute Gasteiger partial charge is 0.351 e. The first-order valence-corrected chi connectivity index (χ1v) is 8.36. The zero-order valence-electron chi connectivity index (χ0n) is 11.9. The molecular weight excluding hydrogens is 304 g/mol. The van der Waals surface area contributed by atoms with Gasteiger partial charge >= 0.3 is 0 Å². The molecule has 0 spiro atoms. The summed E-state index contributed by atoms with van der Waals surface area (Å²) in [5.41, 5.74) is 2.08. The SMILES string of the molecule is Cc1ccc(Cl)cc1/C=C1\SC(N2CCCCC2)=NC1=O. The lowest BCUT2D eigenvalue weighted by Crippen LogP contribution is -2.33. The molecule has 0 saturated carbocycles. The van der Waals surface area contributed by atoms with Crippen LogP contribution < -0.4 is 0 Å². The van der Waals surface area contributed by atoms with Crippen LogP contribution in [0.2, 0.25) is 5.02 Å². The van der Waals surface area contributed by atoms with Crippen LogP contribution in [0.5, 0.6) is 0 Å². The number of amidine groups is 1. The number of aliphatic imine (C=N–C) groups is 1. The van der Waals surface area contributed by atoms with Crippen molar-refractivity contribution < 1.29 is 4.79 Å².